The van der Waals surface area contributed by atoms with Gasteiger partial charge in [-0.1, -0.05) is 44.2 Å². The van der Waals surface area contributed by atoms with Gasteiger partial charge in [0, 0.05) is 23.7 Å². The number of fused-ring (bicyclic) bond motifs is 1. The third-order valence-electron chi connectivity index (χ3n) is 6.90. The van der Waals surface area contributed by atoms with Crippen LogP contribution < -0.4 is 20.5 Å². The van der Waals surface area contributed by atoms with E-state index in [0.717, 1.165) is 58.7 Å². The number of nitrogens with two attached hydrogens (primary N) is 1. The van der Waals surface area contributed by atoms with E-state index in [1.807, 2.05) is 66.7 Å². The standard InChI is InChI=1S/C32H34N6O2/c1-4-38(5-2)20-21-40-23-17-15-22(16-18-23)30-29(25-10-8-13-26-24(25)11-9-19-34-26)31(37-32(33)36-30)35-27-12-6-7-14-28(27)39-3/h6-19H,4-5,20-21H2,1-3H3,(H3,33,35,36,37). The molecule has 0 aliphatic rings. The Morgan fingerprint density at radius 2 is 1.68 bits per heavy atom. The number of ether oxygens (including phenoxy) is 2. The first-order valence-corrected chi connectivity index (χ1v) is 13.5. The Labute approximate surface area is 234 Å². The highest BCUT2D eigenvalue weighted by molar-refractivity contribution is 6.02. The monoisotopic (exact) mass is 534 g/mol. The molecule has 0 saturated heterocycles. The summed E-state index contributed by atoms with van der Waals surface area (Å²) in [6, 6.07) is 25.7. The average molecular weight is 535 g/mol. The van der Waals surface area contributed by atoms with Gasteiger partial charge in [-0.05, 0) is 67.2 Å². The van der Waals surface area contributed by atoms with Crippen molar-refractivity contribution in [2.75, 3.05) is 44.4 Å². The highest BCUT2D eigenvalue weighted by Gasteiger charge is 2.20. The van der Waals surface area contributed by atoms with Crippen LogP contribution >= 0.6 is 0 Å². The third kappa shape index (κ3) is 5.82. The second-order valence-electron chi connectivity index (χ2n) is 9.25. The molecule has 204 valence electrons. The lowest BCUT2D eigenvalue weighted by Crippen LogP contribution is -2.27. The van der Waals surface area contributed by atoms with Gasteiger partial charge in [-0.2, -0.15) is 4.98 Å². The number of hydrogen-bond donors (Lipinski definition) is 2. The van der Waals surface area contributed by atoms with Gasteiger partial charge in [-0.15, -0.1) is 0 Å². The predicted molar refractivity (Wildman–Crippen MR) is 162 cm³/mol. The average Bonchev–Trinajstić information content (AvgIpc) is 2.99. The lowest BCUT2D eigenvalue weighted by Gasteiger charge is -2.19. The summed E-state index contributed by atoms with van der Waals surface area (Å²) >= 11 is 0. The molecular weight excluding hydrogens is 500 g/mol. The molecule has 0 saturated carbocycles. The van der Waals surface area contributed by atoms with Gasteiger partial charge in [-0.3, -0.25) is 4.98 Å². The Hall–Kier alpha value is -4.69. The topological polar surface area (TPSA) is 98.4 Å². The molecule has 0 aliphatic carbocycles. The number of benzene rings is 3. The smallest absolute Gasteiger partial charge is 0.222 e. The van der Waals surface area contributed by atoms with Crippen LogP contribution in [0, 0.1) is 0 Å². The summed E-state index contributed by atoms with van der Waals surface area (Å²) in [5, 5.41) is 4.45. The first kappa shape index (κ1) is 26.9. The lowest BCUT2D eigenvalue weighted by atomic mass is 9.96. The Balaban J connectivity index is 1.60. The van der Waals surface area contributed by atoms with Crippen molar-refractivity contribution in [2.24, 2.45) is 0 Å². The fourth-order valence-corrected chi connectivity index (χ4v) is 4.77. The van der Waals surface area contributed by atoms with Gasteiger partial charge in [0.25, 0.3) is 0 Å². The van der Waals surface area contributed by atoms with Crippen molar-refractivity contribution in [1.29, 1.82) is 0 Å². The molecule has 5 aromatic rings. The number of methoxy groups -OCH3 is 1. The number of pyridine rings is 1. The van der Waals surface area contributed by atoms with Crippen LogP contribution in [-0.4, -0.2) is 53.2 Å². The molecule has 0 fully saturated rings. The Kier molecular flexibility index (Phi) is 8.37. The molecule has 0 bridgehead atoms. The van der Waals surface area contributed by atoms with Crippen LogP contribution in [0.4, 0.5) is 17.5 Å². The lowest BCUT2D eigenvalue weighted by molar-refractivity contribution is 0.223. The van der Waals surface area contributed by atoms with Crippen molar-refractivity contribution in [3.63, 3.8) is 0 Å². The Morgan fingerprint density at radius 1 is 0.875 bits per heavy atom. The van der Waals surface area contributed by atoms with Crippen LogP contribution in [0.2, 0.25) is 0 Å². The number of aromatic nitrogens is 3. The van der Waals surface area contributed by atoms with E-state index < -0.39 is 0 Å². The zero-order valence-electron chi connectivity index (χ0n) is 23.1. The summed E-state index contributed by atoms with van der Waals surface area (Å²) in [6.07, 6.45) is 1.79. The SMILES string of the molecule is CCN(CC)CCOc1ccc(-c2nc(N)nc(Nc3ccccc3OC)c2-c2cccc3ncccc23)cc1. The minimum absolute atomic E-state index is 0.161. The molecule has 0 aliphatic heterocycles. The van der Waals surface area contributed by atoms with Crippen LogP contribution in [-0.2, 0) is 0 Å². The molecule has 3 N–H and O–H groups in total. The molecule has 8 nitrogen and oxygen atoms in total. The van der Waals surface area contributed by atoms with E-state index >= 15 is 0 Å². The van der Waals surface area contributed by atoms with Crippen molar-refractivity contribution < 1.29 is 9.47 Å². The van der Waals surface area contributed by atoms with Crippen LogP contribution in [0.15, 0.2) is 85.1 Å². The summed E-state index contributed by atoms with van der Waals surface area (Å²) < 4.78 is 11.6. The number of anilines is 3. The summed E-state index contributed by atoms with van der Waals surface area (Å²) in [7, 11) is 1.64. The summed E-state index contributed by atoms with van der Waals surface area (Å²) in [6.45, 7) is 7.84. The van der Waals surface area contributed by atoms with Crippen molar-refractivity contribution in [3.8, 4) is 33.9 Å². The van der Waals surface area contributed by atoms with E-state index in [9.17, 15) is 0 Å². The number of likely N-dealkylation sites (N-methyl/N-ethyl adjacent to an activating group) is 1. The van der Waals surface area contributed by atoms with Crippen LogP contribution in [0.3, 0.4) is 0 Å². The second-order valence-corrected chi connectivity index (χ2v) is 9.25. The molecule has 0 radical (unpaired) electrons. The first-order valence-electron chi connectivity index (χ1n) is 13.5. The van der Waals surface area contributed by atoms with Crippen molar-refractivity contribution >= 4 is 28.4 Å². The number of nitrogens with zero attached hydrogens (tertiary/aromatic N) is 4. The third-order valence-corrected chi connectivity index (χ3v) is 6.90. The molecule has 3 aromatic carbocycles. The quantitative estimate of drug-likeness (QED) is 0.200. The molecule has 0 amide bonds. The van der Waals surface area contributed by atoms with Gasteiger partial charge in [0.15, 0.2) is 0 Å². The number of nitrogens with one attached hydrogen (secondary N) is 1. The summed E-state index contributed by atoms with van der Waals surface area (Å²) in [5.41, 5.74) is 11.3. The minimum atomic E-state index is 0.161. The summed E-state index contributed by atoms with van der Waals surface area (Å²) in [4.78, 5) is 16.3. The van der Waals surface area contributed by atoms with Gasteiger partial charge >= 0.3 is 0 Å². The van der Waals surface area contributed by atoms with Gasteiger partial charge in [-0.25, -0.2) is 4.98 Å². The van der Waals surface area contributed by atoms with E-state index in [4.69, 9.17) is 20.2 Å². The molecule has 5 rings (SSSR count). The zero-order valence-corrected chi connectivity index (χ0v) is 23.1. The highest BCUT2D eigenvalue weighted by Crippen LogP contribution is 2.41. The van der Waals surface area contributed by atoms with Crippen LogP contribution in [0.5, 0.6) is 11.5 Å². The Morgan fingerprint density at radius 3 is 2.45 bits per heavy atom. The molecule has 0 unspecified atom stereocenters. The molecule has 0 spiro atoms. The number of rotatable bonds is 11. The van der Waals surface area contributed by atoms with Gasteiger partial charge in [0.05, 0.1) is 29.6 Å². The summed E-state index contributed by atoms with van der Waals surface area (Å²) in [5.74, 6) is 2.23. The first-order chi connectivity index (χ1) is 19.6. The minimum Gasteiger partial charge on any atom is -0.495 e. The van der Waals surface area contributed by atoms with Crippen molar-refractivity contribution in [3.05, 3.63) is 85.1 Å². The number of hydrogen-bond acceptors (Lipinski definition) is 8. The normalized spacial score (nSPS) is 11.1. The van der Waals surface area contributed by atoms with E-state index in [2.05, 4.69) is 46.2 Å². The van der Waals surface area contributed by atoms with E-state index in [1.165, 1.54) is 0 Å². The van der Waals surface area contributed by atoms with Crippen molar-refractivity contribution in [1.82, 2.24) is 19.9 Å². The number of para-hydroxylation sites is 2. The van der Waals surface area contributed by atoms with E-state index in [0.29, 0.717) is 23.9 Å². The molecule has 2 aromatic heterocycles. The predicted octanol–water partition coefficient (Wildman–Crippen LogP) is 6.41. The largest absolute Gasteiger partial charge is 0.495 e. The zero-order chi connectivity index (χ0) is 27.9. The van der Waals surface area contributed by atoms with E-state index in [1.54, 1.807) is 13.3 Å². The highest BCUT2D eigenvalue weighted by atomic mass is 16.5. The van der Waals surface area contributed by atoms with Gasteiger partial charge < -0.3 is 25.4 Å². The molecule has 2 heterocycles. The fraction of sp³-hybridized carbons (Fsp3) is 0.219. The van der Waals surface area contributed by atoms with E-state index in [-0.39, 0.29) is 5.95 Å². The molecule has 0 atom stereocenters. The van der Waals surface area contributed by atoms with Gasteiger partial charge in [0.1, 0.15) is 23.9 Å². The van der Waals surface area contributed by atoms with Crippen molar-refractivity contribution in [2.45, 2.75) is 13.8 Å². The maximum atomic E-state index is 6.30. The van der Waals surface area contributed by atoms with Crippen LogP contribution in [0.25, 0.3) is 33.3 Å². The second kappa shape index (κ2) is 12.4. The van der Waals surface area contributed by atoms with Crippen LogP contribution in [0.1, 0.15) is 13.8 Å². The molecule has 8 heteroatoms. The fourth-order valence-electron chi connectivity index (χ4n) is 4.77. The van der Waals surface area contributed by atoms with Gasteiger partial charge in [0.2, 0.25) is 5.95 Å². The molecule has 40 heavy (non-hydrogen) atoms. The Bertz CT molecular complexity index is 1580. The molecular formula is C32H34N6O2. The maximum Gasteiger partial charge on any atom is 0.222 e. The number of nitrogen functional groups attached to an aromatic ring is 1. The maximum absolute atomic E-state index is 6.30.